The molecule has 9 nitrogen and oxygen atoms in total. The summed E-state index contributed by atoms with van der Waals surface area (Å²) in [4.78, 5) is 39.2. The van der Waals surface area contributed by atoms with Gasteiger partial charge in [0.15, 0.2) is 17.3 Å². The van der Waals surface area contributed by atoms with Gasteiger partial charge in [0.05, 0.1) is 25.8 Å². The number of ketones is 1. The quantitative estimate of drug-likeness (QED) is 0.492. The second-order valence-corrected chi connectivity index (χ2v) is 7.19. The summed E-state index contributed by atoms with van der Waals surface area (Å²) in [6.45, 7) is 0.777. The Labute approximate surface area is 184 Å². The maximum absolute atomic E-state index is 13.0. The van der Waals surface area contributed by atoms with E-state index in [0.29, 0.717) is 41.5 Å². The molecule has 9 heteroatoms. The third-order valence-electron chi connectivity index (χ3n) is 5.15. The van der Waals surface area contributed by atoms with E-state index in [1.165, 1.54) is 12.0 Å². The molecule has 2 aromatic rings. The van der Waals surface area contributed by atoms with Gasteiger partial charge >= 0.3 is 5.97 Å². The molecule has 1 amide bonds. The molecular formula is C23H22N2O7. The maximum atomic E-state index is 13.0. The van der Waals surface area contributed by atoms with Crippen LogP contribution in [-0.4, -0.2) is 67.7 Å². The Balaban J connectivity index is 1.59. The van der Waals surface area contributed by atoms with Gasteiger partial charge in [0, 0.05) is 23.4 Å². The molecule has 0 bridgehead atoms. The number of β-amino-alcohol motifs (C(OH)–C–C–N with tert-alkyl or cyclic N) is 1. The summed E-state index contributed by atoms with van der Waals surface area (Å²) < 4.78 is 15.8. The Hall–Kier alpha value is -3.85. The van der Waals surface area contributed by atoms with Crippen LogP contribution in [-0.2, 0) is 14.3 Å². The average molecular weight is 438 g/mol. The van der Waals surface area contributed by atoms with Crippen molar-refractivity contribution in [3.63, 3.8) is 0 Å². The highest BCUT2D eigenvalue weighted by molar-refractivity contribution is 6.11. The van der Waals surface area contributed by atoms with Gasteiger partial charge in [-0.05, 0) is 30.3 Å². The zero-order valence-electron chi connectivity index (χ0n) is 17.4. The highest BCUT2D eigenvalue weighted by atomic mass is 16.6. The smallest absolute Gasteiger partial charge is 0.337 e. The van der Waals surface area contributed by atoms with Crippen molar-refractivity contribution in [2.75, 3.05) is 45.3 Å². The van der Waals surface area contributed by atoms with Crippen LogP contribution in [0.3, 0.4) is 0 Å². The topological polar surface area (TPSA) is 114 Å². The zero-order chi connectivity index (χ0) is 22.7. The van der Waals surface area contributed by atoms with Crippen LogP contribution in [0.2, 0.25) is 0 Å². The fourth-order valence-corrected chi connectivity index (χ4v) is 3.58. The van der Waals surface area contributed by atoms with Crippen LogP contribution in [0.5, 0.6) is 11.5 Å². The van der Waals surface area contributed by atoms with E-state index in [1.54, 1.807) is 42.5 Å². The molecule has 166 valence electrons. The lowest BCUT2D eigenvalue weighted by molar-refractivity contribution is -0.136. The SMILES string of the molecule is COC(=O)C1=C(Nc2cccc(C(=O)c3ccc4c(c3)OCCO4)c2)C(=O)N(CCO)C1. The lowest BCUT2D eigenvalue weighted by atomic mass is 10.0. The van der Waals surface area contributed by atoms with Crippen LogP contribution < -0.4 is 14.8 Å². The molecule has 0 saturated heterocycles. The molecule has 0 aliphatic carbocycles. The lowest BCUT2D eigenvalue weighted by Gasteiger charge is -2.18. The lowest BCUT2D eigenvalue weighted by Crippen LogP contribution is -2.31. The highest BCUT2D eigenvalue weighted by Crippen LogP contribution is 2.32. The van der Waals surface area contributed by atoms with Gasteiger partial charge in [0.2, 0.25) is 0 Å². The molecule has 0 unspecified atom stereocenters. The molecule has 2 aliphatic heterocycles. The van der Waals surface area contributed by atoms with E-state index in [9.17, 15) is 19.5 Å². The summed E-state index contributed by atoms with van der Waals surface area (Å²) in [5.74, 6) is -0.178. The molecule has 32 heavy (non-hydrogen) atoms. The van der Waals surface area contributed by atoms with E-state index >= 15 is 0 Å². The molecule has 0 saturated carbocycles. The number of ether oxygens (including phenoxy) is 3. The van der Waals surface area contributed by atoms with Gasteiger partial charge in [-0.1, -0.05) is 12.1 Å². The molecular weight excluding hydrogens is 416 g/mol. The summed E-state index contributed by atoms with van der Waals surface area (Å²) in [6, 6.07) is 11.6. The first kappa shape index (κ1) is 21.4. The number of hydrogen-bond donors (Lipinski definition) is 2. The number of rotatable bonds is 7. The minimum Gasteiger partial charge on any atom is -0.486 e. The van der Waals surface area contributed by atoms with E-state index in [2.05, 4.69) is 5.32 Å². The fourth-order valence-electron chi connectivity index (χ4n) is 3.58. The van der Waals surface area contributed by atoms with Crippen molar-refractivity contribution in [2.45, 2.75) is 0 Å². The van der Waals surface area contributed by atoms with Crippen LogP contribution in [0.15, 0.2) is 53.7 Å². The van der Waals surface area contributed by atoms with Gasteiger partial charge in [0.25, 0.3) is 5.91 Å². The van der Waals surface area contributed by atoms with Gasteiger partial charge in [0.1, 0.15) is 18.9 Å². The predicted molar refractivity (Wildman–Crippen MR) is 114 cm³/mol. The van der Waals surface area contributed by atoms with Crippen LogP contribution in [0.4, 0.5) is 5.69 Å². The Morgan fingerprint density at radius 1 is 1.09 bits per heavy atom. The first-order valence-corrected chi connectivity index (χ1v) is 10.0. The Morgan fingerprint density at radius 2 is 1.84 bits per heavy atom. The number of aliphatic hydroxyl groups is 1. The minimum absolute atomic E-state index is 0.0320. The number of aliphatic hydroxyl groups excluding tert-OH is 1. The number of carbonyl (C=O) groups excluding carboxylic acids is 3. The van der Waals surface area contributed by atoms with Crippen molar-refractivity contribution in [3.8, 4) is 11.5 Å². The molecule has 0 fully saturated rings. The van der Waals surface area contributed by atoms with Crippen molar-refractivity contribution >= 4 is 23.3 Å². The summed E-state index contributed by atoms with van der Waals surface area (Å²) in [7, 11) is 1.23. The first-order valence-electron chi connectivity index (χ1n) is 10.0. The fraction of sp³-hybridized carbons (Fsp3) is 0.261. The predicted octanol–water partition coefficient (Wildman–Crippen LogP) is 1.36. The summed E-state index contributed by atoms with van der Waals surface area (Å²) >= 11 is 0. The molecule has 0 spiro atoms. The Kier molecular flexibility index (Phi) is 6.09. The summed E-state index contributed by atoms with van der Waals surface area (Å²) in [6.07, 6.45) is 0. The number of benzene rings is 2. The zero-order valence-corrected chi connectivity index (χ0v) is 17.4. The number of anilines is 1. The normalized spacial score (nSPS) is 15.1. The highest BCUT2D eigenvalue weighted by Gasteiger charge is 2.34. The third kappa shape index (κ3) is 4.15. The largest absolute Gasteiger partial charge is 0.486 e. The number of esters is 1. The van der Waals surface area contributed by atoms with E-state index in [-0.39, 0.29) is 36.7 Å². The second-order valence-electron chi connectivity index (χ2n) is 7.19. The summed E-state index contributed by atoms with van der Waals surface area (Å²) in [5, 5.41) is 12.1. The molecule has 2 aliphatic rings. The van der Waals surface area contributed by atoms with Gasteiger partial charge in [-0.2, -0.15) is 0 Å². The molecule has 2 aromatic carbocycles. The number of carbonyl (C=O) groups is 3. The first-order chi connectivity index (χ1) is 15.5. The molecule has 0 radical (unpaired) electrons. The Morgan fingerprint density at radius 3 is 2.59 bits per heavy atom. The number of methoxy groups -OCH3 is 1. The van der Waals surface area contributed by atoms with Crippen molar-refractivity contribution < 1.29 is 33.7 Å². The standard InChI is InChI=1S/C23H22N2O7/c1-30-23(29)17-13-25(7-8-26)22(28)20(17)24-16-4-2-3-14(11-16)21(27)15-5-6-18-19(12-15)32-10-9-31-18/h2-6,11-12,24,26H,7-10,13H2,1H3. The second kappa shape index (κ2) is 9.11. The number of nitrogens with one attached hydrogen (secondary N) is 1. The number of nitrogens with zero attached hydrogens (tertiary/aromatic N) is 1. The monoisotopic (exact) mass is 438 g/mol. The van der Waals surface area contributed by atoms with Crippen molar-refractivity contribution in [2.24, 2.45) is 0 Å². The molecule has 2 N–H and O–H groups in total. The van der Waals surface area contributed by atoms with Crippen molar-refractivity contribution in [3.05, 3.63) is 64.9 Å². The van der Waals surface area contributed by atoms with Crippen LogP contribution in [0, 0.1) is 0 Å². The van der Waals surface area contributed by atoms with Gasteiger partial charge in [-0.25, -0.2) is 4.79 Å². The van der Waals surface area contributed by atoms with Gasteiger partial charge in [-0.15, -0.1) is 0 Å². The number of fused-ring (bicyclic) bond motifs is 1. The third-order valence-corrected chi connectivity index (χ3v) is 5.15. The van der Waals surface area contributed by atoms with Crippen LogP contribution in [0.25, 0.3) is 0 Å². The molecule has 0 atom stereocenters. The van der Waals surface area contributed by atoms with Gasteiger partial charge < -0.3 is 29.5 Å². The van der Waals surface area contributed by atoms with Gasteiger partial charge in [-0.3, -0.25) is 9.59 Å². The van der Waals surface area contributed by atoms with E-state index < -0.39 is 11.9 Å². The minimum atomic E-state index is -0.634. The molecule has 0 aromatic heterocycles. The Bertz CT molecular complexity index is 1110. The van der Waals surface area contributed by atoms with Crippen LogP contribution >= 0.6 is 0 Å². The molecule has 2 heterocycles. The van der Waals surface area contributed by atoms with E-state index in [4.69, 9.17) is 14.2 Å². The van der Waals surface area contributed by atoms with Crippen LogP contribution in [0.1, 0.15) is 15.9 Å². The number of amides is 1. The average Bonchev–Trinajstić information content (AvgIpc) is 3.13. The summed E-state index contributed by atoms with van der Waals surface area (Å²) in [5.41, 5.74) is 1.52. The van der Waals surface area contributed by atoms with E-state index in [0.717, 1.165) is 0 Å². The van der Waals surface area contributed by atoms with Crippen molar-refractivity contribution in [1.29, 1.82) is 0 Å². The number of hydrogen-bond acceptors (Lipinski definition) is 8. The maximum Gasteiger partial charge on any atom is 0.337 e. The van der Waals surface area contributed by atoms with Crippen molar-refractivity contribution in [1.82, 2.24) is 4.90 Å². The molecule has 4 rings (SSSR count). The van der Waals surface area contributed by atoms with E-state index in [1.807, 2.05) is 0 Å².